The highest BCUT2D eigenvalue weighted by atomic mass is 32.2. The number of carbonyl (C=O) groups is 1. The lowest BCUT2D eigenvalue weighted by Gasteiger charge is -2.16. The van der Waals surface area contributed by atoms with Gasteiger partial charge in [0.05, 0.1) is 11.4 Å². The van der Waals surface area contributed by atoms with Crippen molar-refractivity contribution in [3.05, 3.63) is 23.8 Å². The number of hydrogen-bond acceptors (Lipinski definition) is 4. The third-order valence-corrected chi connectivity index (χ3v) is 4.05. The molecule has 0 heterocycles. The number of carbonyl (C=O) groups excluding carboxylic acids is 1. The number of amides is 1. The van der Waals surface area contributed by atoms with Crippen LogP contribution in [0.3, 0.4) is 0 Å². The molecule has 0 radical (unpaired) electrons. The Hall–Kier alpha value is -1.36. The zero-order chi connectivity index (χ0) is 14.4. The summed E-state index contributed by atoms with van der Waals surface area (Å²) in [4.78, 5) is 13.9. The molecule has 4 nitrogen and oxygen atoms in total. The number of hydrogen-bond donors (Lipinski definition) is 2. The van der Waals surface area contributed by atoms with Gasteiger partial charge in [0.25, 0.3) is 5.91 Å². The van der Waals surface area contributed by atoms with Crippen LogP contribution in [0, 0.1) is 0 Å². The first-order valence-electron chi connectivity index (χ1n) is 6.33. The van der Waals surface area contributed by atoms with E-state index in [9.17, 15) is 4.79 Å². The Morgan fingerprint density at radius 2 is 2.16 bits per heavy atom. The standard InChI is InChI=1S/C14H23N3OS/c1-10(19-4)7-8-16-14(18)11-5-6-13(17(2)3)12(15)9-11/h5-6,9-10H,7-8,15H2,1-4H3,(H,16,18). The van der Waals surface area contributed by atoms with Crippen LogP contribution in [-0.4, -0.2) is 38.1 Å². The van der Waals surface area contributed by atoms with Gasteiger partial charge < -0.3 is 16.0 Å². The Labute approximate surface area is 119 Å². The summed E-state index contributed by atoms with van der Waals surface area (Å²) in [5.74, 6) is -0.0645. The molecule has 1 rings (SSSR count). The molecule has 1 aromatic carbocycles. The molecule has 0 spiro atoms. The molecule has 0 bridgehead atoms. The number of nitrogens with two attached hydrogens (primary N) is 1. The quantitative estimate of drug-likeness (QED) is 0.785. The topological polar surface area (TPSA) is 58.4 Å². The van der Waals surface area contributed by atoms with E-state index in [1.807, 2.05) is 25.1 Å². The summed E-state index contributed by atoms with van der Waals surface area (Å²) in [6.45, 7) is 2.84. The van der Waals surface area contributed by atoms with Crippen molar-refractivity contribution in [2.24, 2.45) is 0 Å². The highest BCUT2D eigenvalue weighted by molar-refractivity contribution is 7.99. The molecule has 3 N–H and O–H groups in total. The van der Waals surface area contributed by atoms with E-state index >= 15 is 0 Å². The molecule has 0 saturated heterocycles. The number of benzene rings is 1. The monoisotopic (exact) mass is 281 g/mol. The van der Waals surface area contributed by atoms with Crippen LogP contribution in [0.15, 0.2) is 18.2 Å². The van der Waals surface area contributed by atoms with E-state index in [4.69, 9.17) is 5.73 Å². The summed E-state index contributed by atoms with van der Waals surface area (Å²) in [5.41, 5.74) is 8.09. The molecule has 0 aliphatic rings. The predicted octanol–water partition coefficient (Wildman–Crippen LogP) is 2.21. The first-order valence-corrected chi connectivity index (χ1v) is 7.62. The number of nitrogens with one attached hydrogen (secondary N) is 1. The lowest BCUT2D eigenvalue weighted by Crippen LogP contribution is -2.26. The number of nitrogen functional groups attached to an aromatic ring is 1. The van der Waals surface area contributed by atoms with E-state index in [2.05, 4.69) is 18.5 Å². The maximum absolute atomic E-state index is 12.0. The highest BCUT2D eigenvalue weighted by Crippen LogP contribution is 2.22. The molecular weight excluding hydrogens is 258 g/mol. The Kier molecular flexibility index (Phi) is 6.02. The van der Waals surface area contributed by atoms with Gasteiger partial charge in [-0.1, -0.05) is 6.92 Å². The van der Waals surface area contributed by atoms with Crippen LogP contribution in [0.4, 0.5) is 11.4 Å². The molecule has 1 aromatic rings. The molecule has 1 amide bonds. The van der Waals surface area contributed by atoms with E-state index in [0.717, 1.165) is 12.1 Å². The van der Waals surface area contributed by atoms with Gasteiger partial charge in [0.1, 0.15) is 0 Å². The zero-order valence-corrected chi connectivity index (χ0v) is 12.9. The molecule has 0 aliphatic heterocycles. The zero-order valence-electron chi connectivity index (χ0n) is 12.1. The van der Waals surface area contributed by atoms with Gasteiger partial charge in [0.2, 0.25) is 0 Å². The molecule has 0 aromatic heterocycles. The summed E-state index contributed by atoms with van der Waals surface area (Å²) in [6.07, 6.45) is 3.05. The fourth-order valence-electron chi connectivity index (χ4n) is 1.71. The Morgan fingerprint density at radius 3 is 2.68 bits per heavy atom. The van der Waals surface area contributed by atoms with E-state index in [-0.39, 0.29) is 5.91 Å². The van der Waals surface area contributed by atoms with Crippen LogP contribution in [0.5, 0.6) is 0 Å². The Bertz CT molecular complexity index is 435. The predicted molar refractivity (Wildman–Crippen MR) is 85.1 cm³/mol. The van der Waals surface area contributed by atoms with E-state index in [1.165, 1.54) is 0 Å². The van der Waals surface area contributed by atoms with Gasteiger partial charge in [0.15, 0.2) is 0 Å². The fraction of sp³-hybridized carbons (Fsp3) is 0.500. The minimum Gasteiger partial charge on any atom is -0.397 e. The van der Waals surface area contributed by atoms with Crippen molar-refractivity contribution < 1.29 is 4.79 Å². The smallest absolute Gasteiger partial charge is 0.251 e. The summed E-state index contributed by atoms with van der Waals surface area (Å²) in [7, 11) is 3.85. The van der Waals surface area contributed by atoms with Gasteiger partial charge in [-0.15, -0.1) is 0 Å². The average molecular weight is 281 g/mol. The molecular formula is C14H23N3OS. The molecule has 1 unspecified atom stereocenters. The number of rotatable bonds is 6. The van der Waals surface area contributed by atoms with Crippen LogP contribution in [-0.2, 0) is 0 Å². The number of nitrogens with zero attached hydrogens (tertiary/aromatic N) is 1. The third-order valence-electron chi connectivity index (χ3n) is 3.01. The van der Waals surface area contributed by atoms with Crippen LogP contribution in [0.2, 0.25) is 0 Å². The van der Waals surface area contributed by atoms with Gasteiger partial charge in [-0.2, -0.15) is 11.8 Å². The minimum atomic E-state index is -0.0645. The Morgan fingerprint density at radius 1 is 1.47 bits per heavy atom. The van der Waals surface area contributed by atoms with Crippen molar-refractivity contribution in [2.75, 3.05) is 37.5 Å². The van der Waals surface area contributed by atoms with Crippen molar-refractivity contribution in [1.29, 1.82) is 0 Å². The van der Waals surface area contributed by atoms with Crippen LogP contribution < -0.4 is 16.0 Å². The van der Waals surface area contributed by atoms with Crippen LogP contribution in [0.25, 0.3) is 0 Å². The first kappa shape index (κ1) is 15.7. The fourth-order valence-corrected chi connectivity index (χ4v) is 2.07. The van der Waals surface area contributed by atoms with Gasteiger partial charge in [-0.25, -0.2) is 0 Å². The van der Waals surface area contributed by atoms with Crippen molar-refractivity contribution in [3.63, 3.8) is 0 Å². The second-order valence-electron chi connectivity index (χ2n) is 4.76. The number of thioether (sulfide) groups is 1. The molecule has 1 atom stereocenters. The van der Waals surface area contributed by atoms with Crippen LogP contribution >= 0.6 is 11.8 Å². The van der Waals surface area contributed by atoms with E-state index in [0.29, 0.717) is 23.0 Å². The Balaban J connectivity index is 2.60. The molecule has 106 valence electrons. The first-order chi connectivity index (χ1) is 8.95. The normalized spacial score (nSPS) is 12.0. The van der Waals surface area contributed by atoms with Crippen molar-refractivity contribution >= 4 is 29.0 Å². The van der Waals surface area contributed by atoms with Gasteiger partial charge >= 0.3 is 0 Å². The lowest BCUT2D eigenvalue weighted by atomic mass is 10.1. The SMILES string of the molecule is CSC(C)CCNC(=O)c1ccc(N(C)C)c(N)c1. The van der Waals surface area contributed by atoms with E-state index < -0.39 is 0 Å². The van der Waals surface area contributed by atoms with Gasteiger partial charge in [-0.05, 0) is 30.9 Å². The van der Waals surface area contributed by atoms with Gasteiger partial charge in [-0.3, -0.25) is 4.79 Å². The second-order valence-corrected chi connectivity index (χ2v) is 6.04. The van der Waals surface area contributed by atoms with Crippen LogP contribution in [0.1, 0.15) is 23.7 Å². The number of anilines is 2. The van der Waals surface area contributed by atoms with Crippen molar-refractivity contribution in [2.45, 2.75) is 18.6 Å². The van der Waals surface area contributed by atoms with Crippen molar-refractivity contribution in [3.8, 4) is 0 Å². The summed E-state index contributed by atoms with van der Waals surface area (Å²) in [6, 6.07) is 5.40. The van der Waals surface area contributed by atoms with Gasteiger partial charge in [0, 0.05) is 31.5 Å². The molecule has 0 saturated carbocycles. The third kappa shape index (κ3) is 4.67. The lowest BCUT2D eigenvalue weighted by molar-refractivity contribution is 0.0953. The maximum atomic E-state index is 12.0. The summed E-state index contributed by atoms with van der Waals surface area (Å²) >= 11 is 1.80. The maximum Gasteiger partial charge on any atom is 0.251 e. The second kappa shape index (κ2) is 7.28. The molecule has 0 aliphatic carbocycles. The molecule has 5 heteroatoms. The summed E-state index contributed by atoms with van der Waals surface area (Å²) in [5, 5.41) is 3.48. The van der Waals surface area contributed by atoms with Crippen molar-refractivity contribution in [1.82, 2.24) is 5.32 Å². The largest absolute Gasteiger partial charge is 0.397 e. The minimum absolute atomic E-state index is 0.0645. The summed E-state index contributed by atoms with van der Waals surface area (Å²) < 4.78 is 0. The molecule has 0 fully saturated rings. The average Bonchev–Trinajstić information content (AvgIpc) is 2.37. The molecule has 19 heavy (non-hydrogen) atoms. The highest BCUT2D eigenvalue weighted by Gasteiger charge is 2.09. The van der Waals surface area contributed by atoms with E-state index in [1.54, 1.807) is 23.9 Å².